The van der Waals surface area contributed by atoms with Gasteiger partial charge >= 0.3 is 30.1 Å². The number of hydrogen-bond donors (Lipinski definition) is 3. The van der Waals surface area contributed by atoms with Crippen molar-refractivity contribution in [2.45, 2.75) is 37.8 Å². The second-order valence-corrected chi connectivity index (χ2v) is 12.5. The topological polar surface area (TPSA) is 159 Å². The SMILES string of the molecule is O=C(C(=O)C(F)(F)F)C(F)(F)F.O=C(CC1CN(c2nccs2)C1)Nc1ccc2cc1CCc1cncc(c1)Nc1ncc(Cl)c(n1)N2.O=CC(F)(F)F. The summed E-state index contributed by atoms with van der Waals surface area (Å²) in [4.78, 5) is 60.5. The summed E-state index contributed by atoms with van der Waals surface area (Å²) in [7, 11) is 0. The molecular formula is C31H24ClF9N8O4S. The van der Waals surface area contributed by atoms with Crippen molar-refractivity contribution in [3.05, 3.63) is 70.6 Å². The van der Waals surface area contributed by atoms with Gasteiger partial charge in [-0.25, -0.2) is 9.97 Å². The number of pyridine rings is 1. The van der Waals surface area contributed by atoms with Crippen molar-refractivity contribution < 1.29 is 58.7 Å². The van der Waals surface area contributed by atoms with Crippen LogP contribution in [0, 0.1) is 5.92 Å². The molecule has 3 aromatic heterocycles. The number of fused-ring (bicyclic) bond motifs is 6. The van der Waals surface area contributed by atoms with Gasteiger partial charge in [0, 0.05) is 54.6 Å². The summed E-state index contributed by atoms with van der Waals surface area (Å²) in [6.07, 6.45) is -8.31. The summed E-state index contributed by atoms with van der Waals surface area (Å²) in [6.45, 7) is 1.71. The van der Waals surface area contributed by atoms with Crippen LogP contribution in [0.2, 0.25) is 5.02 Å². The van der Waals surface area contributed by atoms with E-state index in [1.165, 1.54) is 0 Å². The van der Waals surface area contributed by atoms with Gasteiger partial charge in [-0.15, -0.1) is 11.3 Å². The van der Waals surface area contributed by atoms with Crippen LogP contribution in [0.25, 0.3) is 0 Å². The quantitative estimate of drug-likeness (QED) is 0.108. The largest absolute Gasteiger partial charge is 0.458 e. The normalized spacial score (nSPS) is 14.0. The number of ketones is 2. The number of aromatic nitrogens is 4. The van der Waals surface area contributed by atoms with E-state index in [0.717, 1.165) is 59.3 Å². The van der Waals surface area contributed by atoms with E-state index >= 15 is 0 Å². The second-order valence-electron chi connectivity index (χ2n) is 11.2. The van der Waals surface area contributed by atoms with Gasteiger partial charge in [0.15, 0.2) is 10.9 Å². The summed E-state index contributed by atoms with van der Waals surface area (Å²) in [6, 6.07) is 7.91. The molecular weight excluding hydrogens is 787 g/mol. The molecule has 288 valence electrons. The van der Waals surface area contributed by atoms with Crippen LogP contribution in [0.4, 0.5) is 73.5 Å². The molecule has 1 amide bonds. The molecule has 0 atom stereocenters. The molecule has 0 spiro atoms. The Balaban J connectivity index is 0.000000301. The zero-order valence-corrected chi connectivity index (χ0v) is 28.5. The molecule has 12 nitrogen and oxygen atoms in total. The van der Waals surface area contributed by atoms with Gasteiger partial charge in [0.25, 0.3) is 0 Å². The number of Topliss-reactive ketones (excluding diaryl/α,β-unsaturated/α-hetero) is 2. The van der Waals surface area contributed by atoms with E-state index in [9.17, 15) is 53.9 Å². The van der Waals surface area contributed by atoms with E-state index in [0.29, 0.717) is 29.1 Å². The number of thiazole rings is 1. The van der Waals surface area contributed by atoms with Gasteiger partial charge in [0.2, 0.25) is 18.1 Å². The van der Waals surface area contributed by atoms with Crippen LogP contribution < -0.4 is 20.9 Å². The zero-order chi connectivity index (χ0) is 39.8. The van der Waals surface area contributed by atoms with Crippen molar-refractivity contribution in [1.29, 1.82) is 0 Å². The third kappa shape index (κ3) is 12.1. The Morgan fingerprint density at radius 1 is 0.907 bits per heavy atom. The van der Waals surface area contributed by atoms with E-state index in [4.69, 9.17) is 16.4 Å². The fraction of sp³-hybridized carbons (Fsp3) is 0.290. The number of halogens is 10. The Labute approximate surface area is 307 Å². The summed E-state index contributed by atoms with van der Waals surface area (Å²) in [5.41, 5.74) is 4.53. The minimum absolute atomic E-state index is 0.0232. The predicted octanol–water partition coefficient (Wildman–Crippen LogP) is 7.03. The number of carbonyl (C=O) groups is 4. The molecule has 3 N–H and O–H groups in total. The first-order valence-electron chi connectivity index (χ1n) is 15.0. The number of anilines is 6. The van der Waals surface area contributed by atoms with Crippen LogP contribution in [-0.4, -0.2) is 75.3 Å². The highest BCUT2D eigenvalue weighted by Gasteiger charge is 2.54. The lowest BCUT2D eigenvalue weighted by molar-refractivity contribution is -0.193. The molecule has 2 aliphatic rings. The van der Waals surface area contributed by atoms with E-state index < -0.39 is 36.4 Å². The van der Waals surface area contributed by atoms with Crippen molar-refractivity contribution >= 4 is 80.7 Å². The third-order valence-electron chi connectivity index (χ3n) is 7.10. The van der Waals surface area contributed by atoms with Gasteiger partial charge in [-0.05, 0) is 48.2 Å². The molecule has 23 heteroatoms. The van der Waals surface area contributed by atoms with Crippen molar-refractivity contribution in [3.63, 3.8) is 0 Å². The molecule has 54 heavy (non-hydrogen) atoms. The number of rotatable bonds is 5. The molecule has 0 radical (unpaired) electrons. The molecule has 0 aliphatic carbocycles. The first-order chi connectivity index (χ1) is 25.2. The summed E-state index contributed by atoms with van der Waals surface area (Å²) < 4.78 is 98.2. The average molecular weight is 811 g/mol. The number of aryl methyl sites for hydroxylation is 2. The van der Waals surface area contributed by atoms with E-state index in [-0.39, 0.29) is 5.91 Å². The Kier molecular flexibility index (Phi) is 13.2. The first-order valence-corrected chi connectivity index (χ1v) is 16.3. The lowest BCUT2D eigenvalue weighted by Gasteiger charge is -2.38. The maximum absolute atomic E-state index is 12.9. The monoisotopic (exact) mass is 810 g/mol. The average Bonchev–Trinajstić information content (AvgIpc) is 3.61. The minimum Gasteiger partial charge on any atom is -0.347 e. The molecule has 0 unspecified atom stereocenters. The van der Waals surface area contributed by atoms with Gasteiger partial charge < -0.3 is 20.9 Å². The number of nitrogens with zero attached hydrogens (tertiary/aromatic N) is 5. The fourth-order valence-electron chi connectivity index (χ4n) is 4.70. The van der Waals surface area contributed by atoms with Crippen LogP contribution in [0.15, 0.2) is 54.4 Å². The highest BCUT2D eigenvalue weighted by atomic mass is 35.5. The van der Waals surface area contributed by atoms with Crippen LogP contribution in [0.3, 0.4) is 0 Å². The molecule has 1 fully saturated rings. The van der Waals surface area contributed by atoms with E-state index in [1.54, 1.807) is 23.7 Å². The first kappa shape index (κ1) is 41.4. The molecule has 0 saturated carbocycles. The highest BCUT2D eigenvalue weighted by Crippen LogP contribution is 2.31. The second kappa shape index (κ2) is 17.2. The van der Waals surface area contributed by atoms with Crippen molar-refractivity contribution in [3.8, 4) is 0 Å². The lowest BCUT2D eigenvalue weighted by atomic mass is 9.96. The molecule has 1 aromatic carbocycles. The molecule has 1 saturated heterocycles. The maximum atomic E-state index is 12.9. The molecule has 6 rings (SSSR count). The number of nitrogens with one attached hydrogen (secondary N) is 3. The molecule has 4 aromatic rings. The summed E-state index contributed by atoms with van der Waals surface area (Å²) in [5.74, 6) is -5.54. The number of amides is 1. The number of alkyl halides is 9. The minimum atomic E-state index is -5.77. The van der Waals surface area contributed by atoms with Crippen molar-refractivity contribution in [2.75, 3.05) is 33.9 Å². The Bertz CT molecular complexity index is 1950. The van der Waals surface area contributed by atoms with Gasteiger partial charge in [0.1, 0.15) is 5.02 Å². The molecule has 2 aliphatic heterocycles. The molecule has 6 bridgehead atoms. The van der Waals surface area contributed by atoms with Gasteiger partial charge in [-0.1, -0.05) is 11.6 Å². The molecule has 5 heterocycles. The standard InChI is InChI=1S/C25H23ClN8OS.C4F6O2.C2HF3O/c26-20-12-29-24-31-19-7-15(10-27-11-19)1-2-17-9-18(30-23(20)33-24)3-4-21(17)32-22(35)8-16-13-34(14-16)25-28-5-6-36-25;5-3(6,7)1(11)2(12)4(8,9)10;3-2(4,5)1-6/h3-7,9-12,16H,1-2,8,13-14H2,(H,32,35)(H2,29,30,31,33);;1H. The maximum Gasteiger partial charge on any atom is 0.458 e. The smallest absolute Gasteiger partial charge is 0.347 e. The van der Waals surface area contributed by atoms with E-state index in [2.05, 4.69) is 40.8 Å². The number of aldehydes is 1. The zero-order valence-electron chi connectivity index (χ0n) is 26.9. The van der Waals surface area contributed by atoms with Crippen LogP contribution in [-0.2, 0) is 32.0 Å². The van der Waals surface area contributed by atoms with Crippen LogP contribution in [0.1, 0.15) is 17.5 Å². The van der Waals surface area contributed by atoms with Crippen LogP contribution in [0.5, 0.6) is 0 Å². The Hall–Kier alpha value is -5.38. The number of hydrogen-bond acceptors (Lipinski definition) is 12. The summed E-state index contributed by atoms with van der Waals surface area (Å²) >= 11 is 7.98. The Morgan fingerprint density at radius 3 is 2.17 bits per heavy atom. The summed E-state index contributed by atoms with van der Waals surface area (Å²) in [5, 5.41) is 13.0. The third-order valence-corrected chi connectivity index (χ3v) is 8.20. The predicted molar refractivity (Wildman–Crippen MR) is 177 cm³/mol. The highest BCUT2D eigenvalue weighted by molar-refractivity contribution is 7.13. The van der Waals surface area contributed by atoms with Gasteiger partial charge in [0.05, 0.1) is 18.1 Å². The van der Waals surface area contributed by atoms with E-state index in [1.807, 2.05) is 42.0 Å². The van der Waals surface area contributed by atoms with Crippen LogP contribution >= 0.6 is 22.9 Å². The lowest BCUT2D eigenvalue weighted by Crippen LogP contribution is -2.48. The Morgan fingerprint density at radius 2 is 1.57 bits per heavy atom. The number of carbonyl (C=O) groups excluding carboxylic acids is 4. The fourth-order valence-corrected chi connectivity index (χ4v) is 5.50. The van der Waals surface area contributed by atoms with Gasteiger partial charge in [-0.2, -0.15) is 44.5 Å². The van der Waals surface area contributed by atoms with Gasteiger partial charge in [-0.3, -0.25) is 24.2 Å². The van der Waals surface area contributed by atoms with Crippen molar-refractivity contribution in [1.82, 2.24) is 19.9 Å². The van der Waals surface area contributed by atoms with Crippen molar-refractivity contribution in [2.24, 2.45) is 5.92 Å². The number of benzene rings is 1.